The Balaban J connectivity index is 2.25. The molecule has 1 saturated heterocycles. The highest BCUT2D eigenvalue weighted by Crippen LogP contribution is 2.27. The third-order valence-corrected chi connectivity index (χ3v) is 4.11. The Morgan fingerprint density at radius 1 is 1.30 bits per heavy atom. The first-order chi connectivity index (χ1) is 9.63. The Morgan fingerprint density at radius 2 is 2.00 bits per heavy atom. The predicted molar refractivity (Wildman–Crippen MR) is 83.0 cm³/mol. The van der Waals surface area contributed by atoms with Crippen LogP contribution in [0.2, 0.25) is 0 Å². The molecule has 0 aliphatic carbocycles. The molecule has 1 atom stereocenters. The molecule has 0 aromatic heterocycles. The molecule has 2 rings (SSSR count). The number of amides is 1. The number of aryl methyl sites for hydroxylation is 2. The lowest BCUT2D eigenvalue weighted by Crippen LogP contribution is -2.48. The molecule has 0 saturated carbocycles. The minimum Gasteiger partial charge on any atom is -0.340 e. The molecular formula is C17H26N2O. The predicted octanol–water partition coefficient (Wildman–Crippen LogP) is 2.62. The highest BCUT2D eigenvalue weighted by molar-refractivity contribution is 5.84. The van der Waals surface area contributed by atoms with Gasteiger partial charge >= 0.3 is 0 Å². The molecule has 110 valence electrons. The molecule has 0 bridgehead atoms. The molecule has 1 heterocycles. The summed E-state index contributed by atoms with van der Waals surface area (Å²) < 4.78 is 0. The lowest BCUT2D eigenvalue weighted by Gasteiger charge is -2.31. The quantitative estimate of drug-likeness (QED) is 0.915. The number of carbonyl (C=O) groups excluding carboxylic acids is 1. The fourth-order valence-corrected chi connectivity index (χ4v) is 2.94. The molecule has 3 heteroatoms. The van der Waals surface area contributed by atoms with Crippen LogP contribution in [0.4, 0.5) is 0 Å². The number of rotatable bonds is 4. The van der Waals surface area contributed by atoms with Crippen molar-refractivity contribution in [3.8, 4) is 0 Å². The molecular weight excluding hydrogens is 248 g/mol. The fraction of sp³-hybridized carbons (Fsp3) is 0.588. The van der Waals surface area contributed by atoms with Crippen LogP contribution in [-0.4, -0.2) is 37.0 Å². The average molecular weight is 274 g/mol. The van der Waals surface area contributed by atoms with Gasteiger partial charge in [-0.25, -0.2) is 0 Å². The normalized spacial score (nSPS) is 17.1. The van der Waals surface area contributed by atoms with Crippen LogP contribution < -0.4 is 5.32 Å². The standard InChI is InChI=1S/C17H26N2O/c1-4-5-15(16-12-13(2)6-7-14(16)3)17(20)19-10-8-18-9-11-19/h6-7,12,15,18H,4-5,8-11H2,1-3H3. The van der Waals surface area contributed by atoms with Gasteiger partial charge in [0.25, 0.3) is 0 Å². The van der Waals surface area contributed by atoms with Crippen LogP contribution in [0.1, 0.15) is 42.4 Å². The maximum Gasteiger partial charge on any atom is 0.230 e. The Bertz CT molecular complexity index is 464. The largest absolute Gasteiger partial charge is 0.340 e. The molecule has 1 aromatic rings. The smallest absolute Gasteiger partial charge is 0.230 e. The van der Waals surface area contributed by atoms with Crippen LogP contribution in [0.3, 0.4) is 0 Å². The number of nitrogens with one attached hydrogen (secondary N) is 1. The summed E-state index contributed by atoms with van der Waals surface area (Å²) in [6.07, 6.45) is 1.98. The summed E-state index contributed by atoms with van der Waals surface area (Å²) in [5.74, 6) is 0.333. The van der Waals surface area contributed by atoms with E-state index in [2.05, 4.69) is 44.3 Å². The van der Waals surface area contributed by atoms with Crippen molar-refractivity contribution in [1.29, 1.82) is 0 Å². The summed E-state index contributed by atoms with van der Waals surface area (Å²) in [5, 5.41) is 3.31. The first-order valence-corrected chi connectivity index (χ1v) is 7.70. The zero-order valence-electron chi connectivity index (χ0n) is 12.9. The van der Waals surface area contributed by atoms with Gasteiger partial charge in [-0.1, -0.05) is 37.1 Å². The van der Waals surface area contributed by atoms with E-state index in [0.29, 0.717) is 5.91 Å². The molecule has 1 aliphatic heterocycles. The Hall–Kier alpha value is -1.35. The second kappa shape index (κ2) is 6.89. The van der Waals surface area contributed by atoms with Crippen LogP contribution in [-0.2, 0) is 4.79 Å². The van der Waals surface area contributed by atoms with E-state index >= 15 is 0 Å². The van der Waals surface area contributed by atoms with Crippen molar-refractivity contribution in [2.75, 3.05) is 26.2 Å². The Kier molecular flexibility index (Phi) is 5.18. The van der Waals surface area contributed by atoms with Gasteiger partial charge in [0.1, 0.15) is 0 Å². The van der Waals surface area contributed by atoms with E-state index in [9.17, 15) is 4.79 Å². The number of nitrogens with zero attached hydrogens (tertiary/aromatic N) is 1. The lowest BCUT2D eigenvalue weighted by atomic mass is 9.88. The van der Waals surface area contributed by atoms with Gasteiger partial charge in [-0.3, -0.25) is 4.79 Å². The van der Waals surface area contributed by atoms with E-state index in [1.54, 1.807) is 0 Å². The van der Waals surface area contributed by atoms with Crippen LogP contribution in [0.15, 0.2) is 18.2 Å². The lowest BCUT2D eigenvalue weighted by molar-refractivity contribution is -0.133. The SMILES string of the molecule is CCCC(C(=O)N1CCNCC1)c1cc(C)ccc1C. The number of piperazine rings is 1. The second-order valence-electron chi connectivity index (χ2n) is 5.78. The molecule has 1 N–H and O–H groups in total. The van der Waals surface area contributed by atoms with Crippen LogP contribution in [0.25, 0.3) is 0 Å². The van der Waals surface area contributed by atoms with Crippen LogP contribution in [0, 0.1) is 13.8 Å². The fourth-order valence-electron chi connectivity index (χ4n) is 2.94. The topological polar surface area (TPSA) is 32.3 Å². The van der Waals surface area contributed by atoms with Crippen molar-refractivity contribution in [2.24, 2.45) is 0 Å². The summed E-state index contributed by atoms with van der Waals surface area (Å²) in [4.78, 5) is 14.9. The minimum atomic E-state index is 0.0259. The summed E-state index contributed by atoms with van der Waals surface area (Å²) >= 11 is 0. The summed E-state index contributed by atoms with van der Waals surface area (Å²) in [5.41, 5.74) is 3.69. The van der Waals surface area contributed by atoms with Crippen LogP contribution in [0.5, 0.6) is 0 Å². The molecule has 0 spiro atoms. The minimum absolute atomic E-state index is 0.0259. The third-order valence-electron chi connectivity index (χ3n) is 4.11. The maximum atomic E-state index is 12.9. The van der Waals surface area contributed by atoms with Gasteiger partial charge in [-0.15, -0.1) is 0 Å². The molecule has 1 unspecified atom stereocenters. The van der Waals surface area contributed by atoms with E-state index in [1.165, 1.54) is 16.7 Å². The molecule has 1 amide bonds. The summed E-state index contributed by atoms with van der Waals surface area (Å²) in [6, 6.07) is 6.45. The first-order valence-electron chi connectivity index (χ1n) is 7.70. The van der Waals surface area contributed by atoms with Crippen molar-refractivity contribution in [1.82, 2.24) is 10.2 Å². The second-order valence-corrected chi connectivity index (χ2v) is 5.78. The van der Waals surface area contributed by atoms with Gasteiger partial charge in [0, 0.05) is 26.2 Å². The number of benzene rings is 1. The highest BCUT2D eigenvalue weighted by Gasteiger charge is 2.27. The zero-order chi connectivity index (χ0) is 14.5. The molecule has 1 aromatic carbocycles. The van der Waals surface area contributed by atoms with Gasteiger partial charge in [-0.05, 0) is 31.4 Å². The van der Waals surface area contributed by atoms with Gasteiger partial charge < -0.3 is 10.2 Å². The molecule has 1 fully saturated rings. The molecule has 1 aliphatic rings. The van der Waals surface area contributed by atoms with E-state index in [1.807, 2.05) is 4.90 Å². The number of hydrogen-bond acceptors (Lipinski definition) is 2. The van der Waals surface area contributed by atoms with Gasteiger partial charge in [-0.2, -0.15) is 0 Å². The zero-order valence-corrected chi connectivity index (χ0v) is 12.9. The Labute approximate surface area is 122 Å². The van der Waals surface area contributed by atoms with Crippen molar-refractivity contribution in [3.63, 3.8) is 0 Å². The molecule has 0 radical (unpaired) electrons. The van der Waals surface area contributed by atoms with Crippen molar-refractivity contribution in [2.45, 2.75) is 39.5 Å². The molecule has 3 nitrogen and oxygen atoms in total. The maximum absolute atomic E-state index is 12.9. The van der Waals surface area contributed by atoms with E-state index in [0.717, 1.165) is 39.0 Å². The van der Waals surface area contributed by atoms with Gasteiger partial charge in [0.2, 0.25) is 5.91 Å². The van der Waals surface area contributed by atoms with Crippen molar-refractivity contribution >= 4 is 5.91 Å². The average Bonchev–Trinajstić information content (AvgIpc) is 2.48. The molecule has 20 heavy (non-hydrogen) atoms. The van der Waals surface area contributed by atoms with E-state index in [4.69, 9.17) is 0 Å². The number of hydrogen-bond donors (Lipinski definition) is 1. The summed E-state index contributed by atoms with van der Waals surface area (Å²) in [7, 11) is 0. The van der Waals surface area contributed by atoms with Gasteiger partial charge in [0.05, 0.1) is 5.92 Å². The number of carbonyl (C=O) groups is 1. The van der Waals surface area contributed by atoms with Crippen molar-refractivity contribution < 1.29 is 4.79 Å². The van der Waals surface area contributed by atoms with Gasteiger partial charge in [0.15, 0.2) is 0 Å². The Morgan fingerprint density at radius 3 is 2.65 bits per heavy atom. The van der Waals surface area contributed by atoms with E-state index < -0.39 is 0 Å². The third kappa shape index (κ3) is 3.40. The monoisotopic (exact) mass is 274 g/mol. The van der Waals surface area contributed by atoms with Crippen LogP contribution >= 0.6 is 0 Å². The first kappa shape index (κ1) is 15.0. The highest BCUT2D eigenvalue weighted by atomic mass is 16.2. The van der Waals surface area contributed by atoms with E-state index in [-0.39, 0.29) is 5.92 Å². The summed E-state index contributed by atoms with van der Waals surface area (Å²) in [6.45, 7) is 9.87. The van der Waals surface area contributed by atoms with Crippen molar-refractivity contribution in [3.05, 3.63) is 34.9 Å².